The molecule has 0 unspecified atom stereocenters. The second-order valence-electron chi connectivity index (χ2n) is 36.8. The number of nitrogens with zero attached hydrogens (tertiary/aromatic N) is 6. The predicted octanol–water partition coefficient (Wildman–Crippen LogP) is 1.21. The number of aryl methyl sites for hydroxylation is 1. The molecule has 45 nitrogen and oxygen atoms in total. The first-order chi connectivity index (χ1) is 69.4. The zero-order valence-electron chi connectivity index (χ0n) is 83.3. The van der Waals surface area contributed by atoms with Crippen LogP contribution in [0, 0.1) is 5.41 Å². The van der Waals surface area contributed by atoms with Crippen molar-refractivity contribution < 1.29 is 111 Å². The fourth-order valence-corrected chi connectivity index (χ4v) is 16.8. The molecule has 5 heterocycles. The number of aliphatic hydroxyl groups is 3. The Hall–Kier alpha value is -12.4. The number of aliphatic hydroxyl groups excluding tert-OH is 3. The summed E-state index contributed by atoms with van der Waals surface area (Å²) in [5.74, 6) is -12.0. The van der Waals surface area contributed by atoms with Crippen molar-refractivity contribution in [1.82, 2.24) is 93.9 Å². The number of para-hydroxylation sites is 1. The van der Waals surface area contributed by atoms with Gasteiger partial charge in [-0.25, -0.2) is 5.10 Å². The summed E-state index contributed by atoms with van der Waals surface area (Å²) in [6.45, 7) is 1.06. The number of primary amides is 1. The number of benzene rings is 2. The van der Waals surface area contributed by atoms with Gasteiger partial charge in [0.25, 0.3) is 0 Å². The molecule has 2 aromatic carbocycles. The molecule has 0 radical (unpaired) electrons. The van der Waals surface area contributed by atoms with E-state index in [2.05, 4.69) is 89.1 Å². The van der Waals surface area contributed by atoms with Crippen molar-refractivity contribution in [3.8, 4) is 0 Å². The van der Waals surface area contributed by atoms with Crippen molar-refractivity contribution in [3.05, 3.63) is 89.5 Å². The first kappa shape index (κ1) is 119. The molecule has 0 saturated carbocycles. The second kappa shape index (κ2) is 67.2. The summed E-state index contributed by atoms with van der Waals surface area (Å²) < 4.78 is 22.0. The standard InChI is InChI=1S/C99H152N22O23/c1-4-5-36-75(89(131)111-78-43-42-69(125)33-21-18-22-37-73(65(2)124)107-93(135)80(56-67-59-105-74-38-26-25-35-72(67)74)112-90(132)76(39-28-47-104-99(101)102)109-92(134)79(55-66-30-19-17-20-31-66)114-97(139)84-58-71(127)60-121(84)98(78)140)108-94(136)81(57-68-32-27-46-103-68)113-96(138)83(62-123)115-91(133)77(44-45-85(100)128)110-95(137)82(61-122)106-87(129)64-144-54-51-141-49-29-34-70(126)63-143-53-52-142-50-48-120(3)88(130)41-24-16-14-12-10-8-6-7-9-11-13-15-23-40-86-116-118-119-117-86/h17,19-20,25-26,30-32,35,38,46,59,71,73,75-84,105,122-123,127H,4-16,18,21-24,27-29,33-34,36-37,39-45,47-58,60-64H2,1-3H3,(H2,100,128)(H,106,129)(H,107,135)(H,108,136)(H,109,134)(H,110,137)(H,111,131)(H,112,132)(H,113,138)(H,114,139)(H,115,133)(H4,101,102,104)(H,116,117,118,119)/t71-,73+,75+,76+,77-,78+,79-,80+,81+,82+,83+,84+/m1/s1. The number of aromatic amines is 2. The monoisotopic (exact) mass is 2020 g/mol. The number of nitrogens with two attached hydrogens (primary N) is 2. The minimum absolute atomic E-state index is 0.0114. The molecule has 0 spiro atoms. The van der Waals surface area contributed by atoms with E-state index < -0.39 is 195 Å². The lowest BCUT2D eigenvalue weighted by Gasteiger charge is -2.31. The number of aliphatic imine (C=N–C) groups is 1. The Labute approximate surface area is 839 Å². The lowest BCUT2D eigenvalue weighted by molar-refractivity contribution is -0.143. The third-order valence-electron chi connectivity index (χ3n) is 25.1. The van der Waals surface area contributed by atoms with E-state index in [1.54, 1.807) is 67.5 Å². The quantitative estimate of drug-likeness (QED) is 0.0168. The number of Topliss-reactive ketones (excluding diaryl/α,β-unsaturated/α-hetero) is 3. The Kier molecular flexibility index (Phi) is 55.3. The highest BCUT2D eigenvalue weighted by atomic mass is 16.5. The molecule has 7 rings (SSSR count). The average Bonchev–Trinajstić information content (AvgIpc) is 1.65. The van der Waals surface area contributed by atoms with Crippen LogP contribution in [-0.4, -0.2) is 322 Å². The maximum Gasteiger partial charge on any atom is 0.246 e. The number of aromatic nitrogens is 5. The molecule has 0 aliphatic carbocycles. The number of nitrogens with one attached hydrogen (secondary N) is 14. The highest BCUT2D eigenvalue weighted by Gasteiger charge is 2.44. The van der Waals surface area contributed by atoms with Gasteiger partial charge in [0.05, 0.1) is 58.4 Å². The molecule has 3 aliphatic rings. The summed E-state index contributed by atoms with van der Waals surface area (Å²) in [6.07, 6.45) is 19.9. The molecule has 21 N–H and O–H groups in total. The van der Waals surface area contributed by atoms with Gasteiger partial charge < -0.3 is 119 Å². The van der Waals surface area contributed by atoms with Crippen LogP contribution in [0.1, 0.15) is 243 Å². The Morgan fingerprint density at radius 2 is 1.19 bits per heavy atom. The largest absolute Gasteiger partial charge is 0.394 e. The lowest BCUT2D eigenvalue weighted by Crippen LogP contribution is -2.61. The van der Waals surface area contributed by atoms with Crippen LogP contribution in [0.4, 0.5) is 0 Å². The van der Waals surface area contributed by atoms with Gasteiger partial charge in [0, 0.05) is 133 Å². The number of carbonyl (C=O) groups excluding carboxylic acids is 16. The molecule has 13 amide bonds. The van der Waals surface area contributed by atoms with Crippen LogP contribution in [0.5, 0.6) is 0 Å². The van der Waals surface area contributed by atoms with E-state index in [9.17, 15) is 72.9 Å². The number of rotatable bonds is 63. The summed E-state index contributed by atoms with van der Waals surface area (Å²) in [5.41, 5.74) is 13.3. The number of guanidine groups is 1. The maximum absolute atomic E-state index is 15.4. The van der Waals surface area contributed by atoms with Gasteiger partial charge in [0.15, 0.2) is 17.5 Å². The zero-order valence-corrected chi connectivity index (χ0v) is 83.3. The van der Waals surface area contributed by atoms with E-state index in [1.165, 1.54) is 70.9 Å². The Balaban J connectivity index is 0.903. The number of likely N-dealkylation sites (N-methyl/N-ethyl adjacent to an activating group) is 1. The number of unbranched alkanes of at least 4 members (excludes halogenated alkanes) is 13. The number of carbonyl (C=O) groups is 16. The highest BCUT2D eigenvalue weighted by Crippen LogP contribution is 2.26. The third kappa shape index (κ3) is 45.2. The van der Waals surface area contributed by atoms with Crippen LogP contribution in [0.3, 0.4) is 0 Å². The molecule has 12 atom stereocenters. The van der Waals surface area contributed by atoms with Crippen molar-refractivity contribution in [2.75, 3.05) is 92.8 Å². The number of ether oxygens (including phenoxy) is 4. The zero-order chi connectivity index (χ0) is 104. The van der Waals surface area contributed by atoms with Gasteiger partial charge in [-0.1, -0.05) is 158 Å². The molecule has 2 fully saturated rings. The van der Waals surface area contributed by atoms with Crippen molar-refractivity contribution in [2.24, 2.45) is 16.5 Å². The molecular formula is C99H152N22O23. The number of hydrogen-bond acceptors (Lipinski definition) is 28. The number of allylic oxidation sites excluding steroid dienone is 1. The first-order valence-electron chi connectivity index (χ1n) is 50.6. The van der Waals surface area contributed by atoms with Crippen molar-refractivity contribution in [2.45, 2.75) is 318 Å². The third-order valence-corrected chi connectivity index (χ3v) is 25.1. The SMILES string of the molecule is CCCC[C@H](NC(=O)[C@H](CC1=CCC=N1)NC(=O)[C@H](CO)NC(=O)[C@@H](CCC(N)=O)NC(=O)[C@H](CO)NC(=O)COCCOCCCC(=O)COCCOCCN(C)C(=O)CCCCCCCCCCCCCCCc1nnn[nH]1)C(=O)N[C@H]1CCC(=O)CCCCC[C@@H](C(C)=O)NC(=O)[C@H](Cc2c[nH]c3ccccc23)NC(=O)[C@H](CCCNC(=N)N)NC(=O)[C@@H](Cc2ccccc2)NC(=O)[C@@H]2C[C@@H](O)CN2C1=O. The van der Waals surface area contributed by atoms with Gasteiger partial charge in [0.2, 0.25) is 76.8 Å². The number of amides is 13. The van der Waals surface area contributed by atoms with Gasteiger partial charge in [0.1, 0.15) is 85.2 Å². The van der Waals surface area contributed by atoms with E-state index in [4.69, 9.17) is 35.8 Å². The summed E-state index contributed by atoms with van der Waals surface area (Å²) in [5, 5.41) is 83.5. The number of fused-ring (bicyclic) bond motifs is 2. The Bertz CT molecular complexity index is 4790. The molecule has 2 aromatic heterocycles. The van der Waals surface area contributed by atoms with E-state index in [-0.39, 0.29) is 159 Å². The minimum atomic E-state index is -1.91. The fraction of sp³-hybridized carbons (Fsp3) is 0.646. The van der Waals surface area contributed by atoms with Gasteiger partial charge in [-0.3, -0.25) is 87.1 Å². The van der Waals surface area contributed by atoms with Gasteiger partial charge in [-0.2, -0.15) is 0 Å². The molecule has 796 valence electrons. The molecule has 4 aromatic rings. The maximum atomic E-state index is 15.4. The average molecular weight is 2020 g/mol. The number of ketones is 3. The number of H-pyrrole nitrogens is 2. The molecule has 45 heteroatoms. The van der Waals surface area contributed by atoms with Crippen LogP contribution in [0.15, 0.2) is 77.6 Å². The molecule has 2 saturated heterocycles. The van der Waals surface area contributed by atoms with Crippen LogP contribution >= 0.6 is 0 Å². The second-order valence-corrected chi connectivity index (χ2v) is 36.8. The molecule has 3 aliphatic heterocycles. The summed E-state index contributed by atoms with van der Waals surface area (Å²) in [4.78, 5) is 235. The summed E-state index contributed by atoms with van der Waals surface area (Å²) in [6, 6.07) is -1.30. The van der Waals surface area contributed by atoms with Crippen LogP contribution in [0.25, 0.3) is 10.9 Å². The van der Waals surface area contributed by atoms with E-state index >= 15 is 19.2 Å². The normalized spacial score (nSPS) is 18.9. The highest BCUT2D eigenvalue weighted by molar-refractivity contribution is 6.01. The topological polar surface area (TPSA) is 668 Å². The number of tetrazole rings is 1. The van der Waals surface area contributed by atoms with E-state index in [0.717, 1.165) is 53.7 Å². The molecule has 144 heavy (non-hydrogen) atoms. The van der Waals surface area contributed by atoms with Crippen LogP contribution < -0.4 is 70.0 Å². The molecule has 0 bridgehead atoms. The van der Waals surface area contributed by atoms with Crippen molar-refractivity contribution in [3.63, 3.8) is 0 Å². The lowest BCUT2D eigenvalue weighted by atomic mass is 9.99. The predicted molar refractivity (Wildman–Crippen MR) is 530 cm³/mol. The van der Waals surface area contributed by atoms with Crippen LogP contribution in [0.2, 0.25) is 0 Å². The first-order valence-corrected chi connectivity index (χ1v) is 50.6. The summed E-state index contributed by atoms with van der Waals surface area (Å²) >= 11 is 0. The summed E-state index contributed by atoms with van der Waals surface area (Å²) in [7, 11) is 1.76. The smallest absolute Gasteiger partial charge is 0.246 e. The number of hydrogen-bond donors (Lipinski definition) is 19. The van der Waals surface area contributed by atoms with E-state index in [1.807, 2.05) is 18.2 Å². The Morgan fingerprint density at radius 3 is 1.85 bits per heavy atom. The van der Waals surface area contributed by atoms with Gasteiger partial charge in [-0.15, -0.1) is 5.10 Å². The Morgan fingerprint density at radius 1 is 0.597 bits per heavy atom. The minimum Gasteiger partial charge on any atom is -0.394 e. The van der Waals surface area contributed by atoms with Crippen molar-refractivity contribution in [1.29, 1.82) is 5.41 Å². The van der Waals surface area contributed by atoms with Crippen molar-refractivity contribution >= 4 is 117 Å². The van der Waals surface area contributed by atoms with Crippen LogP contribution in [-0.2, 0) is 115 Å². The van der Waals surface area contributed by atoms with Gasteiger partial charge in [-0.05, 0) is 98.8 Å². The fourth-order valence-electron chi connectivity index (χ4n) is 16.8. The van der Waals surface area contributed by atoms with Gasteiger partial charge >= 0.3 is 0 Å². The molecular weight excluding hydrogens is 1870 g/mol. The van der Waals surface area contributed by atoms with E-state index in [0.29, 0.717) is 62.8 Å².